The van der Waals surface area contributed by atoms with Gasteiger partial charge in [0.15, 0.2) is 0 Å². The smallest absolute Gasteiger partial charge is 0.349 e. The van der Waals surface area contributed by atoms with Crippen LogP contribution in [0, 0.1) is 39.7 Å². The highest BCUT2D eigenvalue weighted by molar-refractivity contribution is 6.30. The van der Waals surface area contributed by atoms with Crippen molar-refractivity contribution in [2.75, 3.05) is 23.3 Å². The number of rotatable bonds is 8. The molecule has 0 spiro atoms. The number of anilines is 3. The maximum absolute atomic E-state index is 11.7. The molecule has 9 nitrogen and oxygen atoms in total. The van der Waals surface area contributed by atoms with Crippen LogP contribution in [-0.2, 0) is 0 Å². The summed E-state index contributed by atoms with van der Waals surface area (Å²) in [5, 5.41) is 32.9. The number of nitro groups is 1. The Bertz CT molecular complexity index is 902. The van der Waals surface area contributed by atoms with Crippen molar-refractivity contribution in [3.8, 4) is 12.1 Å². The van der Waals surface area contributed by atoms with Gasteiger partial charge in [-0.15, -0.1) is 0 Å². The number of halogens is 1. The van der Waals surface area contributed by atoms with Crippen molar-refractivity contribution in [1.29, 1.82) is 10.5 Å². The van der Waals surface area contributed by atoms with Gasteiger partial charge < -0.3 is 10.2 Å². The van der Waals surface area contributed by atoms with Gasteiger partial charge in [0.2, 0.25) is 11.6 Å². The Morgan fingerprint density at radius 3 is 2.48 bits per heavy atom. The van der Waals surface area contributed by atoms with Crippen molar-refractivity contribution < 1.29 is 4.92 Å². The highest BCUT2D eigenvalue weighted by Gasteiger charge is 2.27. The highest BCUT2D eigenvalue weighted by atomic mass is 35.5. The minimum atomic E-state index is -0.575. The van der Waals surface area contributed by atoms with Gasteiger partial charge in [0, 0.05) is 23.8 Å². The van der Waals surface area contributed by atoms with E-state index in [4.69, 9.17) is 22.1 Å². The summed E-state index contributed by atoms with van der Waals surface area (Å²) in [5.74, 6) is 0.0870. The van der Waals surface area contributed by atoms with Gasteiger partial charge in [0.25, 0.3) is 0 Å². The predicted octanol–water partition coefficient (Wildman–Crippen LogP) is 3.72. The molecule has 1 aromatic heterocycles. The molecule has 2 rings (SSSR count). The Morgan fingerprint density at radius 1 is 1.26 bits per heavy atom. The number of hydrogen-bond acceptors (Lipinski definition) is 8. The van der Waals surface area contributed by atoms with Crippen LogP contribution in [0.3, 0.4) is 0 Å². The van der Waals surface area contributed by atoms with Gasteiger partial charge in [-0.1, -0.05) is 11.6 Å². The summed E-state index contributed by atoms with van der Waals surface area (Å²) < 4.78 is 0. The normalized spacial score (nSPS) is 9.93. The topological polar surface area (TPSA) is 132 Å². The van der Waals surface area contributed by atoms with E-state index in [0.717, 1.165) is 5.56 Å². The van der Waals surface area contributed by atoms with Crippen molar-refractivity contribution >= 4 is 34.6 Å². The van der Waals surface area contributed by atoms with E-state index in [1.807, 2.05) is 19.1 Å². The van der Waals surface area contributed by atoms with E-state index in [9.17, 15) is 10.1 Å². The lowest BCUT2D eigenvalue weighted by atomic mass is 10.2. The number of aromatic nitrogens is 2. The quantitative estimate of drug-likeness (QED) is 0.537. The zero-order valence-electron chi connectivity index (χ0n) is 14.5. The molecule has 0 aliphatic heterocycles. The molecule has 27 heavy (non-hydrogen) atoms. The molecule has 0 aliphatic carbocycles. The van der Waals surface area contributed by atoms with Gasteiger partial charge in [0.05, 0.1) is 29.9 Å². The first-order valence-corrected chi connectivity index (χ1v) is 8.37. The highest BCUT2D eigenvalue weighted by Crippen LogP contribution is 2.34. The van der Waals surface area contributed by atoms with Crippen molar-refractivity contribution in [2.45, 2.75) is 19.8 Å². The van der Waals surface area contributed by atoms with E-state index in [-0.39, 0.29) is 43.3 Å². The average Bonchev–Trinajstić information content (AvgIpc) is 2.64. The summed E-state index contributed by atoms with van der Waals surface area (Å²) in [6.07, 6.45) is 1.50. The Morgan fingerprint density at radius 2 is 1.93 bits per heavy atom. The van der Waals surface area contributed by atoms with Crippen LogP contribution in [0.4, 0.5) is 23.0 Å². The molecule has 1 aromatic carbocycles. The first kappa shape index (κ1) is 19.9. The zero-order chi connectivity index (χ0) is 19.8. The van der Waals surface area contributed by atoms with Crippen LogP contribution in [0.2, 0.25) is 5.02 Å². The van der Waals surface area contributed by atoms with Crippen LogP contribution >= 0.6 is 11.6 Å². The van der Waals surface area contributed by atoms with Gasteiger partial charge in [-0.2, -0.15) is 10.5 Å². The summed E-state index contributed by atoms with van der Waals surface area (Å²) in [7, 11) is 0. The molecule has 10 heteroatoms. The lowest BCUT2D eigenvalue weighted by Gasteiger charge is -2.21. The molecule has 0 fully saturated rings. The maximum Gasteiger partial charge on any atom is 0.353 e. The first-order chi connectivity index (χ1) is 13.0. The molecule has 0 bridgehead atoms. The van der Waals surface area contributed by atoms with E-state index < -0.39 is 4.92 Å². The van der Waals surface area contributed by atoms with Crippen LogP contribution in [0.25, 0.3) is 0 Å². The number of aryl methyl sites for hydroxylation is 1. The summed E-state index contributed by atoms with van der Waals surface area (Å²) in [6.45, 7) is 2.25. The minimum absolute atomic E-state index is 0.0225. The third-order valence-electron chi connectivity index (χ3n) is 3.71. The SMILES string of the molecule is Cc1cc(Cl)ccc1Nc1ncnc(N(CCC#N)CCC#N)c1[N+](=O)[O-]. The third-order valence-corrected chi connectivity index (χ3v) is 3.95. The van der Waals surface area contributed by atoms with Crippen molar-refractivity contribution in [2.24, 2.45) is 0 Å². The molecule has 0 aliphatic rings. The molecule has 0 amide bonds. The van der Waals surface area contributed by atoms with Gasteiger partial charge in [-0.05, 0) is 30.7 Å². The summed E-state index contributed by atoms with van der Waals surface area (Å²) in [6, 6.07) is 9.08. The second-order valence-corrected chi connectivity index (χ2v) is 5.98. The number of benzene rings is 1. The fraction of sp³-hybridized carbons (Fsp3) is 0.294. The second-order valence-electron chi connectivity index (χ2n) is 5.54. The molecular formula is C17H16ClN7O2. The predicted molar refractivity (Wildman–Crippen MR) is 101 cm³/mol. The van der Waals surface area contributed by atoms with E-state index in [0.29, 0.717) is 10.7 Å². The number of nitrogens with zero attached hydrogens (tertiary/aromatic N) is 6. The van der Waals surface area contributed by atoms with E-state index >= 15 is 0 Å². The molecular weight excluding hydrogens is 370 g/mol. The molecule has 1 N–H and O–H groups in total. The van der Waals surface area contributed by atoms with E-state index in [1.54, 1.807) is 23.1 Å². The monoisotopic (exact) mass is 385 g/mol. The first-order valence-electron chi connectivity index (χ1n) is 7.99. The van der Waals surface area contributed by atoms with E-state index in [1.165, 1.54) is 6.33 Å². The molecule has 0 atom stereocenters. The molecule has 0 saturated carbocycles. The van der Waals surface area contributed by atoms with Crippen LogP contribution < -0.4 is 10.2 Å². The molecule has 2 aromatic rings. The fourth-order valence-electron chi connectivity index (χ4n) is 2.45. The summed E-state index contributed by atoms with van der Waals surface area (Å²) in [5.41, 5.74) is 1.10. The van der Waals surface area contributed by atoms with E-state index in [2.05, 4.69) is 15.3 Å². The van der Waals surface area contributed by atoms with Gasteiger partial charge in [-0.3, -0.25) is 10.1 Å². The number of nitriles is 2. The Hall–Kier alpha value is -3.43. The standard InChI is InChI=1S/C17H16ClN7O2/c1-12-10-13(18)4-5-14(12)23-16-15(25(26)27)17(22-11-21-16)24(8-2-6-19)9-3-7-20/h4-5,10-11H,2-3,8-9H2,1H3,(H,21,22,23). The Balaban J connectivity index is 2.47. The molecule has 0 radical (unpaired) electrons. The molecule has 0 saturated heterocycles. The number of nitrogens with one attached hydrogen (secondary N) is 1. The van der Waals surface area contributed by atoms with Crippen LogP contribution in [0.5, 0.6) is 0 Å². The van der Waals surface area contributed by atoms with Gasteiger partial charge in [-0.25, -0.2) is 9.97 Å². The molecule has 138 valence electrons. The zero-order valence-corrected chi connectivity index (χ0v) is 15.3. The fourth-order valence-corrected chi connectivity index (χ4v) is 2.68. The van der Waals surface area contributed by atoms with Crippen molar-refractivity contribution in [1.82, 2.24) is 9.97 Å². The van der Waals surface area contributed by atoms with Crippen molar-refractivity contribution in [3.63, 3.8) is 0 Å². The Kier molecular flexibility index (Phi) is 6.86. The van der Waals surface area contributed by atoms with Gasteiger partial charge >= 0.3 is 5.69 Å². The summed E-state index contributed by atoms with van der Waals surface area (Å²) in [4.78, 5) is 20.8. The van der Waals surface area contributed by atoms with Crippen LogP contribution in [-0.4, -0.2) is 28.0 Å². The molecule has 0 unspecified atom stereocenters. The summed E-state index contributed by atoms with van der Waals surface area (Å²) >= 11 is 5.94. The third kappa shape index (κ3) is 5.03. The second kappa shape index (κ2) is 9.32. The Labute approximate surface area is 161 Å². The lowest BCUT2D eigenvalue weighted by molar-refractivity contribution is -0.383. The number of hydrogen-bond donors (Lipinski definition) is 1. The van der Waals surface area contributed by atoms with Crippen molar-refractivity contribution in [3.05, 3.63) is 45.2 Å². The molecule has 1 heterocycles. The van der Waals surface area contributed by atoms with Gasteiger partial charge in [0.1, 0.15) is 6.33 Å². The lowest BCUT2D eigenvalue weighted by Crippen LogP contribution is -2.27. The average molecular weight is 386 g/mol. The van der Waals surface area contributed by atoms with Crippen LogP contribution in [0.15, 0.2) is 24.5 Å². The van der Waals surface area contributed by atoms with Crippen LogP contribution in [0.1, 0.15) is 18.4 Å². The minimum Gasteiger partial charge on any atom is -0.349 e. The largest absolute Gasteiger partial charge is 0.353 e. The maximum atomic E-state index is 11.7.